The monoisotopic (exact) mass is 238 g/mol. The lowest BCUT2D eigenvalue weighted by molar-refractivity contribution is 0.0430. The minimum atomic E-state index is 0.565. The lowest BCUT2D eigenvalue weighted by atomic mass is 10.3. The third-order valence-corrected chi connectivity index (χ3v) is 3.03. The van der Waals surface area contributed by atoms with Crippen LogP contribution in [0.1, 0.15) is 0 Å². The van der Waals surface area contributed by atoms with Gasteiger partial charge in [-0.05, 0) is 0 Å². The molecular weight excluding hydrogens is 220 g/mol. The maximum absolute atomic E-state index is 9.25. The van der Waals surface area contributed by atoms with Crippen LogP contribution >= 0.6 is 0 Å². The number of nitrogens with zero attached hydrogens (tertiary/aromatic N) is 3. The molecule has 0 spiro atoms. The molecule has 2 heterocycles. The van der Waals surface area contributed by atoms with Crippen LogP contribution in [-0.2, 0) is 9.47 Å². The lowest BCUT2D eigenvalue weighted by Crippen LogP contribution is -2.43. The molecule has 2 N–H and O–H groups in total. The molecule has 94 valence electrons. The standard InChI is InChI=1S/C11H18N4O2/c12-9-10(14-1-5-16-6-2-14)11(13)15-3-7-17-8-4-15/h1-8,13H2. The maximum atomic E-state index is 9.25. The molecule has 0 bridgehead atoms. The van der Waals surface area contributed by atoms with Gasteiger partial charge in [0, 0.05) is 26.2 Å². The first-order valence-electron chi connectivity index (χ1n) is 5.88. The molecule has 2 aliphatic rings. The molecule has 0 unspecified atom stereocenters. The number of rotatable bonds is 2. The van der Waals surface area contributed by atoms with E-state index < -0.39 is 0 Å². The van der Waals surface area contributed by atoms with Crippen molar-refractivity contribution in [2.45, 2.75) is 0 Å². The summed E-state index contributed by atoms with van der Waals surface area (Å²) in [5.74, 6) is 0.567. The van der Waals surface area contributed by atoms with Crippen LogP contribution in [0.25, 0.3) is 0 Å². The molecule has 0 aliphatic carbocycles. The van der Waals surface area contributed by atoms with E-state index in [4.69, 9.17) is 15.2 Å². The van der Waals surface area contributed by atoms with Gasteiger partial charge in [0.1, 0.15) is 11.9 Å². The molecule has 0 atom stereocenters. The first-order valence-corrected chi connectivity index (χ1v) is 5.88. The number of hydrogen-bond donors (Lipinski definition) is 1. The first kappa shape index (κ1) is 12.0. The summed E-state index contributed by atoms with van der Waals surface area (Å²) in [4.78, 5) is 4.01. The van der Waals surface area contributed by atoms with E-state index >= 15 is 0 Å². The van der Waals surface area contributed by atoms with Crippen molar-refractivity contribution < 1.29 is 9.47 Å². The van der Waals surface area contributed by atoms with E-state index in [1.165, 1.54) is 0 Å². The summed E-state index contributed by atoms with van der Waals surface area (Å²) >= 11 is 0. The Morgan fingerprint density at radius 3 is 1.88 bits per heavy atom. The van der Waals surface area contributed by atoms with Gasteiger partial charge in [0.25, 0.3) is 0 Å². The number of hydrogen-bond acceptors (Lipinski definition) is 6. The second-order valence-corrected chi connectivity index (χ2v) is 4.04. The van der Waals surface area contributed by atoms with E-state index in [-0.39, 0.29) is 0 Å². The molecule has 0 aromatic rings. The molecule has 17 heavy (non-hydrogen) atoms. The zero-order valence-electron chi connectivity index (χ0n) is 9.89. The molecule has 2 saturated heterocycles. The van der Waals surface area contributed by atoms with E-state index in [2.05, 4.69) is 6.07 Å². The van der Waals surface area contributed by atoms with Gasteiger partial charge < -0.3 is 25.0 Å². The van der Waals surface area contributed by atoms with Crippen LogP contribution in [0.3, 0.4) is 0 Å². The molecular formula is C11H18N4O2. The van der Waals surface area contributed by atoms with Gasteiger partial charge in [-0.1, -0.05) is 0 Å². The highest BCUT2D eigenvalue weighted by Crippen LogP contribution is 2.13. The Kier molecular flexibility index (Phi) is 4.07. The highest BCUT2D eigenvalue weighted by molar-refractivity contribution is 5.25. The fourth-order valence-electron chi connectivity index (χ4n) is 2.03. The minimum absolute atomic E-state index is 0.565. The average molecular weight is 238 g/mol. The van der Waals surface area contributed by atoms with Gasteiger partial charge in [0.05, 0.1) is 26.4 Å². The Labute approximate surface area is 101 Å². The maximum Gasteiger partial charge on any atom is 0.156 e. The Morgan fingerprint density at radius 2 is 1.41 bits per heavy atom. The van der Waals surface area contributed by atoms with Gasteiger partial charge in [0.2, 0.25) is 0 Å². The second-order valence-electron chi connectivity index (χ2n) is 4.04. The molecule has 0 aromatic heterocycles. The zero-order valence-corrected chi connectivity index (χ0v) is 9.89. The van der Waals surface area contributed by atoms with Gasteiger partial charge in [-0.15, -0.1) is 0 Å². The number of nitrogens with two attached hydrogens (primary N) is 1. The SMILES string of the molecule is N#CC(=C(N)N1CCOCC1)N1CCOCC1. The summed E-state index contributed by atoms with van der Waals surface area (Å²) in [6.45, 7) is 5.61. The van der Waals surface area contributed by atoms with Crippen LogP contribution in [-0.4, -0.2) is 62.4 Å². The third-order valence-electron chi connectivity index (χ3n) is 3.03. The number of ether oxygens (including phenoxy) is 2. The number of allylic oxidation sites excluding steroid dienone is 1. The number of nitriles is 1. The van der Waals surface area contributed by atoms with Gasteiger partial charge in [0.15, 0.2) is 5.70 Å². The summed E-state index contributed by atoms with van der Waals surface area (Å²) in [7, 11) is 0. The smallest absolute Gasteiger partial charge is 0.156 e. The van der Waals surface area contributed by atoms with Crippen molar-refractivity contribution in [1.82, 2.24) is 9.80 Å². The van der Waals surface area contributed by atoms with E-state index in [1.807, 2.05) is 9.80 Å². The molecule has 6 heteroatoms. The minimum Gasteiger partial charge on any atom is -0.383 e. The molecule has 6 nitrogen and oxygen atoms in total. The van der Waals surface area contributed by atoms with E-state index in [1.54, 1.807) is 0 Å². The molecule has 0 amide bonds. The molecule has 0 saturated carbocycles. The lowest BCUT2D eigenvalue weighted by Gasteiger charge is -2.33. The summed E-state index contributed by atoms with van der Waals surface area (Å²) in [5, 5.41) is 9.25. The predicted octanol–water partition coefficient (Wildman–Crippen LogP) is -0.698. The quantitative estimate of drug-likeness (QED) is 0.641. The molecule has 0 radical (unpaired) electrons. The highest BCUT2D eigenvalue weighted by Gasteiger charge is 2.20. The van der Waals surface area contributed by atoms with Crippen molar-refractivity contribution in [3.63, 3.8) is 0 Å². The summed E-state index contributed by atoms with van der Waals surface area (Å²) in [5.41, 5.74) is 6.64. The van der Waals surface area contributed by atoms with Crippen molar-refractivity contribution >= 4 is 0 Å². The van der Waals surface area contributed by atoms with Gasteiger partial charge in [-0.2, -0.15) is 5.26 Å². The van der Waals surface area contributed by atoms with Crippen molar-refractivity contribution in [3.05, 3.63) is 11.5 Å². The summed E-state index contributed by atoms with van der Waals surface area (Å²) in [6.07, 6.45) is 0. The van der Waals surface area contributed by atoms with Crippen LogP contribution in [0.15, 0.2) is 11.5 Å². The molecule has 2 aliphatic heterocycles. The highest BCUT2D eigenvalue weighted by atomic mass is 16.5. The Balaban J connectivity index is 2.10. The van der Waals surface area contributed by atoms with Gasteiger partial charge in [-0.3, -0.25) is 0 Å². The van der Waals surface area contributed by atoms with E-state index in [0.717, 1.165) is 26.2 Å². The predicted molar refractivity (Wildman–Crippen MR) is 61.6 cm³/mol. The Hall–Kier alpha value is -1.45. The van der Waals surface area contributed by atoms with Gasteiger partial charge >= 0.3 is 0 Å². The normalized spacial score (nSPS) is 23.0. The topological polar surface area (TPSA) is 74.8 Å². The van der Waals surface area contributed by atoms with E-state index in [0.29, 0.717) is 37.9 Å². The largest absolute Gasteiger partial charge is 0.383 e. The molecule has 0 aromatic carbocycles. The zero-order chi connectivity index (χ0) is 12.1. The van der Waals surface area contributed by atoms with Crippen LogP contribution < -0.4 is 5.73 Å². The van der Waals surface area contributed by atoms with Crippen molar-refractivity contribution in [3.8, 4) is 6.07 Å². The molecule has 2 rings (SSSR count). The Morgan fingerprint density at radius 1 is 0.941 bits per heavy atom. The Bertz CT molecular complexity index is 325. The fourth-order valence-corrected chi connectivity index (χ4v) is 2.03. The van der Waals surface area contributed by atoms with Crippen LogP contribution in [0.4, 0.5) is 0 Å². The molecule has 2 fully saturated rings. The summed E-state index contributed by atoms with van der Waals surface area (Å²) < 4.78 is 10.5. The van der Waals surface area contributed by atoms with Crippen LogP contribution in [0.5, 0.6) is 0 Å². The van der Waals surface area contributed by atoms with Crippen molar-refractivity contribution in [2.75, 3.05) is 52.6 Å². The van der Waals surface area contributed by atoms with Crippen LogP contribution in [0.2, 0.25) is 0 Å². The van der Waals surface area contributed by atoms with E-state index in [9.17, 15) is 5.26 Å². The fraction of sp³-hybridized carbons (Fsp3) is 0.727. The third kappa shape index (κ3) is 2.81. The average Bonchev–Trinajstić information content (AvgIpc) is 2.42. The van der Waals surface area contributed by atoms with Crippen molar-refractivity contribution in [1.29, 1.82) is 5.26 Å². The first-order chi connectivity index (χ1) is 8.33. The number of morpholine rings is 2. The van der Waals surface area contributed by atoms with Crippen LogP contribution in [0, 0.1) is 11.3 Å². The summed E-state index contributed by atoms with van der Waals surface area (Å²) in [6, 6.07) is 2.21. The van der Waals surface area contributed by atoms with Gasteiger partial charge in [-0.25, -0.2) is 0 Å². The van der Waals surface area contributed by atoms with Crippen molar-refractivity contribution in [2.24, 2.45) is 5.73 Å². The second kappa shape index (κ2) is 5.75.